The van der Waals surface area contributed by atoms with E-state index in [1.807, 2.05) is 0 Å². The fourth-order valence-corrected chi connectivity index (χ4v) is 11.8. The van der Waals surface area contributed by atoms with Crippen molar-refractivity contribution in [3.8, 4) is 39.3 Å². The van der Waals surface area contributed by atoms with Crippen LogP contribution in [0.4, 0.5) is 17.1 Å². The van der Waals surface area contributed by atoms with Crippen molar-refractivity contribution in [2.24, 2.45) is 0 Å². The standard InChI is InChI=1S/C70H46N4/c1-3-19-53(20-4-1)72-67-29-15-11-25-61(67)63-45-50(34-39-69(63)72)52-41-51(48-31-35-55(36-32-48)74-65-27-13-9-23-59(65)60-24-10-14-28-66(60)74)43-58(44-52)71(56-37-33-47-17-7-8-18-49(47)42-56)57-38-40-70-64(46-57)62-26-12-16-30-68(62)73(70)54-21-5-2-6-22-54/h1-46H. The van der Waals surface area contributed by atoms with Gasteiger partial charge >= 0.3 is 0 Å². The van der Waals surface area contributed by atoms with E-state index in [1.165, 1.54) is 76.2 Å². The van der Waals surface area contributed by atoms with Gasteiger partial charge in [0.2, 0.25) is 0 Å². The van der Waals surface area contributed by atoms with Crippen molar-refractivity contribution >= 4 is 93.3 Å². The molecule has 0 fully saturated rings. The van der Waals surface area contributed by atoms with Crippen LogP contribution < -0.4 is 4.90 Å². The lowest BCUT2D eigenvalue weighted by atomic mass is 9.96. The average Bonchev–Trinajstić information content (AvgIpc) is 4.11. The Morgan fingerprint density at radius 1 is 0.203 bits per heavy atom. The van der Waals surface area contributed by atoms with E-state index in [4.69, 9.17) is 0 Å². The Balaban J connectivity index is 0.964. The highest BCUT2D eigenvalue weighted by Crippen LogP contribution is 2.45. The molecule has 0 N–H and O–H groups in total. The van der Waals surface area contributed by atoms with E-state index in [2.05, 4.69) is 298 Å². The SMILES string of the molecule is c1ccc(-n2c3ccccc3c3cc(-c4cc(-c5ccc(-n6c7ccccc7c7ccccc76)cc5)cc(N(c5ccc6ccccc6c5)c5ccc6c(c5)c5ccccc5n6-c5ccccc5)c4)ccc32)cc1. The van der Waals surface area contributed by atoms with E-state index in [0.29, 0.717) is 0 Å². The highest BCUT2D eigenvalue weighted by atomic mass is 15.1. The van der Waals surface area contributed by atoms with Gasteiger partial charge in [0, 0.05) is 66.4 Å². The molecule has 0 unspecified atom stereocenters. The molecule has 0 aliphatic rings. The average molecular weight is 943 g/mol. The number of para-hydroxylation sites is 6. The number of aromatic nitrogens is 3. The van der Waals surface area contributed by atoms with Crippen LogP contribution in [0.1, 0.15) is 0 Å². The summed E-state index contributed by atoms with van der Waals surface area (Å²) in [5, 5.41) is 9.77. The molecule has 0 radical (unpaired) electrons. The summed E-state index contributed by atoms with van der Waals surface area (Å²) in [6, 6.07) is 102. The maximum absolute atomic E-state index is 2.46. The van der Waals surface area contributed by atoms with Gasteiger partial charge in [0.15, 0.2) is 0 Å². The summed E-state index contributed by atoms with van der Waals surface area (Å²) in [5.41, 5.74) is 18.3. The van der Waals surface area contributed by atoms with Gasteiger partial charge in [-0.25, -0.2) is 0 Å². The highest BCUT2D eigenvalue weighted by molar-refractivity contribution is 6.13. The summed E-state index contributed by atoms with van der Waals surface area (Å²) >= 11 is 0. The number of nitrogens with zero attached hydrogens (tertiary/aromatic N) is 4. The summed E-state index contributed by atoms with van der Waals surface area (Å²) in [7, 11) is 0. The third kappa shape index (κ3) is 6.69. The third-order valence-corrected chi connectivity index (χ3v) is 15.2. The molecule has 15 aromatic rings. The third-order valence-electron chi connectivity index (χ3n) is 15.2. The quantitative estimate of drug-likeness (QED) is 0.148. The zero-order valence-corrected chi connectivity index (χ0v) is 40.3. The second-order valence-electron chi connectivity index (χ2n) is 19.4. The number of benzene rings is 12. The van der Waals surface area contributed by atoms with Crippen molar-refractivity contribution in [2.45, 2.75) is 0 Å². The van der Waals surface area contributed by atoms with Crippen LogP contribution in [0.2, 0.25) is 0 Å². The van der Waals surface area contributed by atoms with Crippen LogP contribution in [0.25, 0.3) is 116 Å². The van der Waals surface area contributed by atoms with Crippen molar-refractivity contribution in [1.29, 1.82) is 0 Å². The van der Waals surface area contributed by atoms with E-state index < -0.39 is 0 Å². The van der Waals surface area contributed by atoms with Crippen LogP contribution in [-0.4, -0.2) is 13.7 Å². The second-order valence-corrected chi connectivity index (χ2v) is 19.4. The first-order valence-corrected chi connectivity index (χ1v) is 25.4. The number of hydrogen-bond donors (Lipinski definition) is 0. The molecular weight excluding hydrogens is 897 g/mol. The van der Waals surface area contributed by atoms with Crippen LogP contribution in [-0.2, 0) is 0 Å². The lowest BCUT2D eigenvalue weighted by Gasteiger charge is -2.27. The lowest BCUT2D eigenvalue weighted by molar-refractivity contribution is 1.18. The largest absolute Gasteiger partial charge is 0.310 e. The van der Waals surface area contributed by atoms with Gasteiger partial charge in [0.05, 0.1) is 33.1 Å². The van der Waals surface area contributed by atoms with Gasteiger partial charge in [-0.15, -0.1) is 0 Å². The molecule has 4 nitrogen and oxygen atoms in total. The van der Waals surface area contributed by atoms with Gasteiger partial charge in [-0.3, -0.25) is 0 Å². The summed E-state index contributed by atoms with van der Waals surface area (Å²) in [6.07, 6.45) is 0. The van der Waals surface area contributed by atoms with Crippen molar-refractivity contribution in [1.82, 2.24) is 13.7 Å². The van der Waals surface area contributed by atoms with Gasteiger partial charge in [0.25, 0.3) is 0 Å². The Kier molecular flexibility index (Phi) is 9.54. The van der Waals surface area contributed by atoms with Crippen molar-refractivity contribution in [3.63, 3.8) is 0 Å². The minimum atomic E-state index is 1.07. The van der Waals surface area contributed by atoms with Crippen molar-refractivity contribution in [2.75, 3.05) is 4.90 Å². The molecular formula is C70H46N4. The van der Waals surface area contributed by atoms with Crippen LogP contribution in [0.3, 0.4) is 0 Å². The highest BCUT2D eigenvalue weighted by Gasteiger charge is 2.21. The van der Waals surface area contributed by atoms with Gasteiger partial charge in [-0.05, 0) is 154 Å². The van der Waals surface area contributed by atoms with Crippen LogP contribution in [0, 0.1) is 0 Å². The van der Waals surface area contributed by atoms with Crippen LogP contribution >= 0.6 is 0 Å². The molecule has 0 bridgehead atoms. The van der Waals surface area contributed by atoms with Crippen molar-refractivity contribution < 1.29 is 0 Å². The normalized spacial score (nSPS) is 11.8. The molecule has 3 aromatic heterocycles. The van der Waals surface area contributed by atoms with E-state index in [9.17, 15) is 0 Å². The lowest BCUT2D eigenvalue weighted by Crippen LogP contribution is -2.10. The maximum Gasteiger partial charge on any atom is 0.0542 e. The summed E-state index contributed by atoms with van der Waals surface area (Å²) < 4.78 is 7.17. The van der Waals surface area contributed by atoms with Gasteiger partial charge in [0.1, 0.15) is 0 Å². The summed E-state index contributed by atoms with van der Waals surface area (Å²) in [6.45, 7) is 0. The molecule has 0 spiro atoms. The van der Waals surface area contributed by atoms with Gasteiger partial charge in [-0.2, -0.15) is 0 Å². The molecule has 0 atom stereocenters. The minimum Gasteiger partial charge on any atom is -0.310 e. The monoisotopic (exact) mass is 942 g/mol. The number of rotatable bonds is 8. The molecule has 74 heavy (non-hydrogen) atoms. The van der Waals surface area contributed by atoms with E-state index in [1.54, 1.807) is 0 Å². The molecule has 0 saturated carbocycles. The van der Waals surface area contributed by atoms with Gasteiger partial charge < -0.3 is 18.6 Å². The predicted octanol–water partition coefficient (Wildman–Crippen LogP) is 18.9. The molecule has 15 rings (SSSR count). The molecule has 0 aliphatic heterocycles. The van der Waals surface area contributed by atoms with Crippen molar-refractivity contribution in [3.05, 3.63) is 279 Å². The second kappa shape index (κ2) is 16.9. The first-order valence-electron chi connectivity index (χ1n) is 25.4. The molecule has 0 saturated heterocycles. The van der Waals surface area contributed by atoms with E-state index in [-0.39, 0.29) is 0 Å². The fraction of sp³-hybridized carbons (Fsp3) is 0. The fourth-order valence-electron chi connectivity index (χ4n) is 11.8. The molecule has 0 aliphatic carbocycles. The zero-order valence-electron chi connectivity index (χ0n) is 40.3. The Labute approximate surface area is 428 Å². The Morgan fingerprint density at radius 3 is 1.16 bits per heavy atom. The summed E-state index contributed by atoms with van der Waals surface area (Å²) in [5.74, 6) is 0. The minimum absolute atomic E-state index is 1.07. The number of hydrogen-bond acceptors (Lipinski definition) is 1. The molecule has 4 heteroatoms. The number of fused-ring (bicyclic) bond motifs is 10. The summed E-state index contributed by atoms with van der Waals surface area (Å²) in [4.78, 5) is 2.46. The maximum atomic E-state index is 2.46. The van der Waals surface area contributed by atoms with Gasteiger partial charge in [-0.1, -0.05) is 158 Å². The Bertz CT molecular complexity index is 4600. The Morgan fingerprint density at radius 2 is 0.595 bits per heavy atom. The topological polar surface area (TPSA) is 18.0 Å². The first-order chi connectivity index (χ1) is 36.7. The molecule has 0 amide bonds. The van der Waals surface area contributed by atoms with Crippen LogP contribution in [0.15, 0.2) is 279 Å². The predicted molar refractivity (Wildman–Crippen MR) is 313 cm³/mol. The molecule has 3 heterocycles. The van der Waals surface area contributed by atoms with E-state index >= 15 is 0 Å². The Hall–Kier alpha value is -9.90. The zero-order chi connectivity index (χ0) is 48.7. The molecule has 346 valence electrons. The first kappa shape index (κ1) is 41.8. The smallest absolute Gasteiger partial charge is 0.0542 e. The molecule has 12 aromatic carbocycles. The van der Waals surface area contributed by atoms with E-state index in [0.717, 1.165) is 56.4 Å². The van der Waals surface area contributed by atoms with Crippen LogP contribution in [0.5, 0.6) is 0 Å². The number of anilines is 3.